The molecule has 1 saturated heterocycles. The molecular formula is C14H26N2O3. The fourth-order valence-electron chi connectivity index (χ4n) is 1.93. The first kappa shape index (κ1) is 16.0. The number of carbonyl (C=O) groups excluding carboxylic acids is 1. The number of piperazine rings is 1. The molecule has 1 heterocycles. The third-order valence-corrected chi connectivity index (χ3v) is 2.91. The van der Waals surface area contributed by atoms with Crippen molar-refractivity contribution < 1.29 is 14.6 Å². The second-order valence-electron chi connectivity index (χ2n) is 5.75. The topological polar surface area (TPSA) is 53.0 Å². The van der Waals surface area contributed by atoms with Gasteiger partial charge in [-0.2, -0.15) is 0 Å². The summed E-state index contributed by atoms with van der Waals surface area (Å²) in [5.74, 6) is 0. The van der Waals surface area contributed by atoms with E-state index in [1.807, 2.05) is 26.8 Å². The molecule has 0 atom stereocenters. The molecular weight excluding hydrogens is 244 g/mol. The lowest BCUT2D eigenvalue weighted by molar-refractivity contribution is 0.0146. The van der Waals surface area contributed by atoms with Crippen LogP contribution in [0.4, 0.5) is 4.79 Å². The highest BCUT2D eigenvalue weighted by atomic mass is 16.6. The normalized spacial score (nSPS) is 18.0. The molecule has 1 aliphatic heterocycles. The number of hydrogen-bond donors (Lipinski definition) is 1. The first-order chi connectivity index (χ1) is 8.92. The van der Waals surface area contributed by atoms with Gasteiger partial charge >= 0.3 is 6.09 Å². The quantitative estimate of drug-likeness (QED) is 0.786. The van der Waals surface area contributed by atoms with E-state index < -0.39 is 5.60 Å². The van der Waals surface area contributed by atoms with Gasteiger partial charge in [0, 0.05) is 32.7 Å². The summed E-state index contributed by atoms with van der Waals surface area (Å²) in [7, 11) is 0. The van der Waals surface area contributed by atoms with Gasteiger partial charge < -0.3 is 14.7 Å². The van der Waals surface area contributed by atoms with Gasteiger partial charge in [-0.15, -0.1) is 0 Å². The van der Waals surface area contributed by atoms with E-state index in [2.05, 4.69) is 4.90 Å². The molecule has 1 rings (SSSR count). The van der Waals surface area contributed by atoms with Crippen LogP contribution in [0.3, 0.4) is 0 Å². The van der Waals surface area contributed by atoms with Crippen LogP contribution in [0.25, 0.3) is 0 Å². The predicted octanol–water partition coefficient (Wildman–Crippen LogP) is 1.48. The van der Waals surface area contributed by atoms with Gasteiger partial charge in [0.2, 0.25) is 0 Å². The van der Waals surface area contributed by atoms with Crippen LogP contribution in [0.5, 0.6) is 0 Å². The van der Waals surface area contributed by atoms with E-state index in [0.29, 0.717) is 0 Å². The van der Waals surface area contributed by atoms with Crippen LogP contribution in [-0.2, 0) is 4.74 Å². The van der Waals surface area contributed by atoms with E-state index in [1.165, 1.54) is 0 Å². The SMILES string of the molecule is CC(C)(C)OC(=O)N1CCN(CC/C=C/CO)CC1. The van der Waals surface area contributed by atoms with E-state index >= 15 is 0 Å². The Morgan fingerprint density at radius 3 is 2.37 bits per heavy atom. The Hall–Kier alpha value is -1.07. The number of aliphatic hydroxyl groups is 1. The summed E-state index contributed by atoms with van der Waals surface area (Å²) in [4.78, 5) is 16.0. The van der Waals surface area contributed by atoms with Crippen LogP contribution in [-0.4, -0.2) is 65.9 Å². The summed E-state index contributed by atoms with van der Waals surface area (Å²) in [5.41, 5.74) is -0.427. The Morgan fingerprint density at radius 1 is 1.21 bits per heavy atom. The molecule has 0 aromatic rings. The van der Waals surface area contributed by atoms with Crippen molar-refractivity contribution in [2.75, 3.05) is 39.3 Å². The average molecular weight is 270 g/mol. The minimum absolute atomic E-state index is 0.104. The summed E-state index contributed by atoms with van der Waals surface area (Å²) in [6.07, 6.45) is 4.47. The van der Waals surface area contributed by atoms with Crippen molar-refractivity contribution in [1.82, 2.24) is 9.80 Å². The molecule has 0 aromatic heterocycles. The van der Waals surface area contributed by atoms with Gasteiger partial charge in [0.25, 0.3) is 0 Å². The molecule has 0 spiro atoms. The lowest BCUT2D eigenvalue weighted by Crippen LogP contribution is -2.50. The van der Waals surface area contributed by atoms with Gasteiger partial charge in [-0.25, -0.2) is 4.79 Å². The fraction of sp³-hybridized carbons (Fsp3) is 0.786. The van der Waals surface area contributed by atoms with Crippen molar-refractivity contribution in [3.8, 4) is 0 Å². The predicted molar refractivity (Wildman–Crippen MR) is 75.1 cm³/mol. The molecule has 1 fully saturated rings. The van der Waals surface area contributed by atoms with Crippen molar-refractivity contribution in [1.29, 1.82) is 0 Å². The average Bonchev–Trinajstić information content (AvgIpc) is 2.33. The fourth-order valence-corrected chi connectivity index (χ4v) is 1.93. The van der Waals surface area contributed by atoms with Gasteiger partial charge in [0.15, 0.2) is 0 Å². The van der Waals surface area contributed by atoms with E-state index in [9.17, 15) is 4.79 Å². The molecule has 19 heavy (non-hydrogen) atoms. The molecule has 5 heteroatoms. The molecule has 0 saturated carbocycles. The molecule has 0 radical (unpaired) electrons. The van der Waals surface area contributed by atoms with Crippen molar-refractivity contribution in [2.24, 2.45) is 0 Å². The maximum Gasteiger partial charge on any atom is 0.410 e. The van der Waals surface area contributed by atoms with Gasteiger partial charge in [0.1, 0.15) is 5.60 Å². The zero-order valence-electron chi connectivity index (χ0n) is 12.3. The summed E-state index contributed by atoms with van der Waals surface area (Å²) < 4.78 is 5.36. The highest BCUT2D eigenvalue weighted by Gasteiger charge is 2.25. The van der Waals surface area contributed by atoms with Gasteiger partial charge in [-0.05, 0) is 27.2 Å². The number of carbonyl (C=O) groups is 1. The Morgan fingerprint density at radius 2 is 1.84 bits per heavy atom. The van der Waals surface area contributed by atoms with Crippen molar-refractivity contribution in [3.63, 3.8) is 0 Å². The molecule has 1 N–H and O–H groups in total. The highest BCUT2D eigenvalue weighted by Crippen LogP contribution is 2.11. The van der Waals surface area contributed by atoms with Crippen LogP contribution >= 0.6 is 0 Å². The van der Waals surface area contributed by atoms with E-state index in [1.54, 1.807) is 11.0 Å². The minimum Gasteiger partial charge on any atom is -0.444 e. The Balaban J connectivity index is 2.25. The van der Waals surface area contributed by atoms with Gasteiger partial charge in [-0.3, -0.25) is 4.90 Å². The van der Waals surface area contributed by atoms with E-state index in [4.69, 9.17) is 9.84 Å². The third-order valence-electron chi connectivity index (χ3n) is 2.91. The number of ether oxygens (including phenoxy) is 1. The molecule has 0 aliphatic carbocycles. The maximum atomic E-state index is 11.9. The zero-order valence-corrected chi connectivity index (χ0v) is 12.3. The van der Waals surface area contributed by atoms with Crippen molar-refractivity contribution in [3.05, 3.63) is 12.2 Å². The summed E-state index contributed by atoms with van der Waals surface area (Å²) in [5, 5.41) is 8.63. The molecule has 0 unspecified atom stereocenters. The van der Waals surface area contributed by atoms with Crippen LogP contribution in [0.2, 0.25) is 0 Å². The Bertz CT molecular complexity index is 302. The number of hydrogen-bond acceptors (Lipinski definition) is 4. The number of aliphatic hydroxyl groups excluding tert-OH is 1. The molecule has 0 aromatic carbocycles. The number of amides is 1. The Kier molecular flexibility index (Phi) is 6.31. The lowest BCUT2D eigenvalue weighted by atomic mass is 10.2. The molecule has 1 amide bonds. The third kappa shape index (κ3) is 6.59. The first-order valence-corrected chi connectivity index (χ1v) is 6.88. The van der Waals surface area contributed by atoms with Gasteiger partial charge in [0.05, 0.1) is 6.61 Å². The largest absolute Gasteiger partial charge is 0.444 e. The maximum absolute atomic E-state index is 11.9. The molecule has 110 valence electrons. The zero-order chi connectivity index (χ0) is 14.3. The number of rotatable bonds is 4. The standard InChI is InChI=1S/C14H26N2O3/c1-14(2,3)19-13(18)16-10-8-15(9-11-16)7-5-4-6-12-17/h4,6,17H,5,7-12H2,1-3H3/b6-4+. The summed E-state index contributed by atoms with van der Waals surface area (Å²) in [6.45, 7) is 9.93. The van der Waals surface area contributed by atoms with Crippen molar-refractivity contribution >= 4 is 6.09 Å². The molecule has 0 bridgehead atoms. The summed E-state index contributed by atoms with van der Waals surface area (Å²) in [6, 6.07) is 0. The van der Waals surface area contributed by atoms with E-state index in [-0.39, 0.29) is 12.7 Å². The van der Waals surface area contributed by atoms with Crippen LogP contribution in [0.1, 0.15) is 27.2 Å². The summed E-state index contributed by atoms with van der Waals surface area (Å²) >= 11 is 0. The lowest BCUT2D eigenvalue weighted by Gasteiger charge is -2.35. The van der Waals surface area contributed by atoms with Gasteiger partial charge in [-0.1, -0.05) is 12.2 Å². The number of nitrogens with zero attached hydrogens (tertiary/aromatic N) is 2. The minimum atomic E-state index is -0.427. The highest BCUT2D eigenvalue weighted by molar-refractivity contribution is 5.68. The molecule has 5 nitrogen and oxygen atoms in total. The first-order valence-electron chi connectivity index (χ1n) is 6.88. The smallest absolute Gasteiger partial charge is 0.410 e. The monoisotopic (exact) mass is 270 g/mol. The Labute approximate surface area is 115 Å². The van der Waals surface area contributed by atoms with Crippen LogP contribution in [0.15, 0.2) is 12.2 Å². The second kappa shape index (κ2) is 7.50. The van der Waals surface area contributed by atoms with E-state index in [0.717, 1.165) is 39.1 Å². The van der Waals surface area contributed by atoms with Crippen molar-refractivity contribution in [2.45, 2.75) is 32.8 Å². The van der Waals surface area contributed by atoms with Crippen LogP contribution < -0.4 is 0 Å². The molecule has 1 aliphatic rings. The second-order valence-corrected chi connectivity index (χ2v) is 5.75. The van der Waals surface area contributed by atoms with Crippen LogP contribution in [0, 0.1) is 0 Å².